The number of hydrogen-bond donors (Lipinski definition) is 0. The van der Waals surface area contributed by atoms with Gasteiger partial charge in [-0.3, -0.25) is 0 Å². The molecule has 1 aliphatic rings. The Kier molecular flexibility index (Phi) is 3.58. The van der Waals surface area contributed by atoms with Crippen LogP contribution in [-0.2, 0) is 9.31 Å². The summed E-state index contributed by atoms with van der Waals surface area (Å²) in [6, 6.07) is 1.77. The molecule has 1 aromatic heterocycles. The van der Waals surface area contributed by atoms with Crippen LogP contribution in [0.2, 0.25) is 0 Å². The van der Waals surface area contributed by atoms with Crippen LogP contribution >= 0.6 is 0 Å². The molecule has 0 aliphatic carbocycles. The van der Waals surface area contributed by atoms with Crippen LogP contribution in [0.4, 0.5) is 0 Å². The summed E-state index contributed by atoms with van der Waals surface area (Å²) in [5.74, 6) is 0.537. The van der Waals surface area contributed by atoms with Crippen molar-refractivity contribution >= 4 is 12.7 Å². The molecule has 0 aromatic carbocycles. The molecule has 19 heavy (non-hydrogen) atoms. The van der Waals surface area contributed by atoms with Crippen molar-refractivity contribution in [2.45, 2.75) is 58.8 Å². The fraction of sp³-hybridized carbons (Fsp3) is 0.692. The zero-order chi connectivity index (χ0) is 14.3. The second-order valence-electron chi connectivity index (χ2n) is 6.04. The van der Waals surface area contributed by atoms with Crippen molar-refractivity contribution < 1.29 is 14.0 Å². The van der Waals surface area contributed by atoms with Crippen LogP contribution < -0.4 is 10.3 Å². The molecule has 6 heteroatoms. The van der Waals surface area contributed by atoms with Gasteiger partial charge in [-0.25, -0.2) is 9.97 Å². The van der Waals surface area contributed by atoms with Gasteiger partial charge in [-0.1, -0.05) is 0 Å². The van der Waals surface area contributed by atoms with Crippen molar-refractivity contribution in [1.82, 2.24) is 9.97 Å². The Morgan fingerprint density at radius 2 is 1.68 bits per heavy atom. The summed E-state index contributed by atoms with van der Waals surface area (Å²) in [5.41, 5.74) is -0.0621. The van der Waals surface area contributed by atoms with Gasteiger partial charge >= 0.3 is 7.12 Å². The molecule has 0 saturated carbocycles. The Labute approximate surface area is 114 Å². The molecular weight excluding hydrogens is 243 g/mol. The summed E-state index contributed by atoms with van der Waals surface area (Å²) >= 11 is 0. The van der Waals surface area contributed by atoms with Gasteiger partial charge in [-0.05, 0) is 41.5 Å². The Balaban J connectivity index is 2.20. The number of ether oxygens (including phenoxy) is 1. The van der Waals surface area contributed by atoms with Crippen LogP contribution in [0.1, 0.15) is 41.5 Å². The molecular formula is C13H21BN2O3. The van der Waals surface area contributed by atoms with Crippen molar-refractivity contribution in [3.8, 4) is 5.88 Å². The first kappa shape index (κ1) is 14.3. The third kappa shape index (κ3) is 2.90. The second kappa shape index (κ2) is 4.76. The van der Waals surface area contributed by atoms with Crippen molar-refractivity contribution in [2.75, 3.05) is 0 Å². The normalized spacial score (nSPS) is 20.9. The van der Waals surface area contributed by atoms with Crippen molar-refractivity contribution in [1.29, 1.82) is 0 Å². The van der Waals surface area contributed by atoms with Gasteiger partial charge in [0.1, 0.15) is 6.33 Å². The Hall–Kier alpha value is -1.14. The van der Waals surface area contributed by atoms with Gasteiger partial charge in [0, 0.05) is 6.07 Å². The first-order valence-corrected chi connectivity index (χ1v) is 6.55. The maximum atomic E-state index is 5.94. The summed E-state index contributed by atoms with van der Waals surface area (Å²) in [7, 11) is -0.484. The summed E-state index contributed by atoms with van der Waals surface area (Å²) in [6.45, 7) is 12.0. The summed E-state index contributed by atoms with van der Waals surface area (Å²) < 4.78 is 17.4. The van der Waals surface area contributed by atoms with E-state index < -0.39 is 7.12 Å². The molecule has 0 radical (unpaired) electrons. The van der Waals surface area contributed by atoms with Gasteiger partial charge in [-0.2, -0.15) is 0 Å². The van der Waals surface area contributed by atoms with E-state index in [0.29, 0.717) is 11.5 Å². The highest BCUT2D eigenvalue weighted by Gasteiger charge is 2.52. The molecule has 104 valence electrons. The minimum absolute atomic E-state index is 0.0704. The molecule has 0 N–H and O–H groups in total. The SMILES string of the molecule is CC(C)Oc1cc(B2OC(C)(C)C(C)(C)O2)ncn1. The number of hydrogen-bond acceptors (Lipinski definition) is 5. The average Bonchev–Trinajstić information content (AvgIpc) is 2.47. The van der Waals surface area contributed by atoms with Gasteiger partial charge in [0.15, 0.2) is 0 Å². The van der Waals surface area contributed by atoms with Gasteiger partial charge < -0.3 is 14.0 Å². The minimum Gasteiger partial charge on any atom is -0.475 e. The van der Waals surface area contributed by atoms with E-state index in [2.05, 4.69) is 9.97 Å². The van der Waals surface area contributed by atoms with E-state index in [0.717, 1.165) is 0 Å². The highest BCUT2D eigenvalue weighted by molar-refractivity contribution is 6.61. The maximum absolute atomic E-state index is 5.94. The fourth-order valence-corrected chi connectivity index (χ4v) is 1.75. The highest BCUT2D eigenvalue weighted by Crippen LogP contribution is 2.36. The standard InChI is InChI=1S/C13H21BN2O3/c1-9(2)17-11-7-10(15-8-16-11)14-18-12(3,4)13(5,6)19-14/h7-9H,1-6H3. The monoisotopic (exact) mass is 264 g/mol. The van der Waals surface area contributed by atoms with Crippen LogP contribution in [0.3, 0.4) is 0 Å². The summed E-state index contributed by atoms with van der Waals surface area (Å²) in [5, 5.41) is 0. The van der Waals surface area contributed by atoms with Crippen LogP contribution in [0.5, 0.6) is 5.88 Å². The van der Waals surface area contributed by atoms with Crippen molar-refractivity contribution in [3.05, 3.63) is 12.4 Å². The molecule has 0 bridgehead atoms. The topological polar surface area (TPSA) is 53.5 Å². The smallest absolute Gasteiger partial charge is 0.475 e. The lowest BCUT2D eigenvalue weighted by Crippen LogP contribution is -2.41. The van der Waals surface area contributed by atoms with E-state index in [9.17, 15) is 0 Å². The molecule has 1 aliphatic heterocycles. The molecule has 0 unspecified atom stereocenters. The number of rotatable bonds is 3. The molecule has 1 saturated heterocycles. The molecule has 0 amide bonds. The predicted octanol–water partition coefficient (Wildman–Crippen LogP) is 1.56. The molecule has 0 spiro atoms. The predicted molar refractivity (Wildman–Crippen MR) is 73.5 cm³/mol. The fourth-order valence-electron chi connectivity index (χ4n) is 1.75. The average molecular weight is 264 g/mol. The third-order valence-corrected chi connectivity index (χ3v) is 3.51. The lowest BCUT2D eigenvalue weighted by Gasteiger charge is -2.32. The Morgan fingerprint density at radius 3 is 2.21 bits per heavy atom. The van der Waals surface area contributed by atoms with Crippen molar-refractivity contribution in [3.63, 3.8) is 0 Å². The summed E-state index contributed by atoms with van der Waals surface area (Å²) in [4.78, 5) is 8.30. The van der Waals surface area contributed by atoms with Crippen LogP contribution in [0.25, 0.3) is 0 Å². The molecule has 5 nitrogen and oxygen atoms in total. The van der Waals surface area contributed by atoms with E-state index in [1.165, 1.54) is 6.33 Å². The minimum atomic E-state index is -0.484. The third-order valence-electron chi connectivity index (χ3n) is 3.51. The molecule has 2 rings (SSSR count). The Morgan fingerprint density at radius 1 is 1.11 bits per heavy atom. The molecule has 1 fully saturated rings. The zero-order valence-corrected chi connectivity index (χ0v) is 12.4. The number of aromatic nitrogens is 2. The Bertz CT molecular complexity index is 447. The van der Waals surface area contributed by atoms with Crippen LogP contribution in [0.15, 0.2) is 12.4 Å². The lowest BCUT2D eigenvalue weighted by molar-refractivity contribution is 0.00578. The van der Waals surface area contributed by atoms with Crippen LogP contribution in [-0.4, -0.2) is 34.4 Å². The van der Waals surface area contributed by atoms with Crippen LogP contribution in [0, 0.1) is 0 Å². The molecule has 2 heterocycles. The summed E-state index contributed by atoms with van der Waals surface area (Å²) in [6.07, 6.45) is 1.54. The second-order valence-corrected chi connectivity index (χ2v) is 6.04. The van der Waals surface area contributed by atoms with E-state index in [1.54, 1.807) is 6.07 Å². The van der Waals surface area contributed by atoms with E-state index in [1.807, 2.05) is 41.5 Å². The first-order chi connectivity index (χ1) is 8.71. The largest absolute Gasteiger partial charge is 0.514 e. The van der Waals surface area contributed by atoms with Gasteiger partial charge in [-0.15, -0.1) is 0 Å². The van der Waals surface area contributed by atoms with Gasteiger partial charge in [0.05, 0.1) is 22.9 Å². The molecule has 1 aromatic rings. The lowest BCUT2D eigenvalue weighted by atomic mass is 9.84. The van der Waals surface area contributed by atoms with Gasteiger partial charge in [0.2, 0.25) is 5.88 Å². The highest BCUT2D eigenvalue weighted by atomic mass is 16.7. The first-order valence-electron chi connectivity index (χ1n) is 6.55. The van der Waals surface area contributed by atoms with E-state index in [4.69, 9.17) is 14.0 Å². The zero-order valence-electron chi connectivity index (χ0n) is 12.4. The quantitative estimate of drug-likeness (QED) is 0.775. The number of nitrogens with zero attached hydrogens (tertiary/aromatic N) is 2. The molecule has 0 atom stereocenters. The maximum Gasteiger partial charge on any atom is 0.514 e. The van der Waals surface area contributed by atoms with E-state index >= 15 is 0 Å². The van der Waals surface area contributed by atoms with E-state index in [-0.39, 0.29) is 17.3 Å². The van der Waals surface area contributed by atoms with Gasteiger partial charge in [0.25, 0.3) is 0 Å². The van der Waals surface area contributed by atoms with Crippen molar-refractivity contribution in [2.24, 2.45) is 0 Å².